The maximum absolute atomic E-state index is 2.53. The molecule has 0 bridgehead atoms. The molecule has 0 saturated heterocycles. The van der Waals surface area contributed by atoms with Gasteiger partial charge in [-0.15, -0.1) is 0 Å². The first-order valence-corrected chi connectivity index (χ1v) is 24.3. The van der Waals surface area contributed by atoms with Crippen molar-refractivity contribution < 1.29 is 0 Å². The van der Waals surface area contributed by atoms with Gasteiger partial charge in [-0.2, -0.15) is 0 Å². The third-order valence-corrected chi connectivity index (χ3v) is 15.8. The SMILES string of the molecule is c1ccc(-c2ccc3c(c2)-c2ccc(-n4c5ccccc5c5ccccc54)cc2C32c3ccc(-n4c5ccccc5c5ccccc54)cc3-c3ccc(-n4c5ccccc5c5ccccc54)cc32)cc1. The monoisotopic (exact) mass is 887 g/mol. The van der Waals surface area contributed by atoms with Crippen molar-refractivity contribution in [3.8, 4) is 50.4 Å². The van der Waals surface area contributed by atoms with Gasteiger partial charge in [0.15, 0.2) is 0 Å². The first kappa shape index (κ1) is 37.9. The summed E-state index contributed by atoms with van der Waals surface area (Å²) in [5.41, 5.74) is 22.8. The number of aromatic nitrogens is 3. The molecule has 2 aliphatic rings. The molecule has 1 atom stereocenters. The molecule has 11 aromatic carbocycles. The second-order valence-electron chi connectivity index (χ2n) is 19.2. The lowest BCUT2D eigenvalue weighted by Gasteiger charge is -2.31. The lowest BCUT2D eigenvalue weighted by Crippen LogP contribution is -2.26. The van der Waals surface area contributed by atoms with Crippen molar-refractivity contribution in [2.24, 2.45) is 0 Å². The normalized spacial score (nSPS) is 14.6. The summed E-state index contributed by atoms with van der Waals surface area (Å²) in [6, 6.07) is 93.2. The number of fused-ring (bicyclic) bond motifs is 19. The third-order valence-electron chi connectivity index (χ3n) is 15.8. The highest BCUT2D eigenvalue weighted by Gasteiger charge is 2.52. The zero-order valence-electron chi connectivity index (χ0n) is 38.0. The molecular formula is C67H41N3. The predicted octanol–water partition coefficient (Wildman–Crippen LogP) is 17.0. The Morgan fingerprint density at radius 2 is 0.543 bits per heavy atom. The minimum atomic E-state index is -0.645. The molecule has 0 aliphatic heterocycles. The molecule has 0 amide bonds. The highest BCUT2D eigenvalue weighted by atomic mass is 15.0. The van der Waals surface area contributed by atoms with Crippen LogP contribution in [-0.4, -0.2) is 13.7 Å². The predicted molar refractivity (Wildman–Crippen MR) is 291 cm³/mol. The summed E-state index contributed by atoms with van der Waals surface area (Å²) in [5, 5.41) is 7.55. The van der Waals surface area contributed by atoms with Crippen molar-refractivity contribution in [3.05, 3.63) is 271 Å². The van der Waals surface area contributed by atoms with E-state index in [9.17, 15) is 0 Å². The topological polar surface area (TPSA) is 14.8 Å². The van der Waals surface area contributed by atoms with Crippen LogP contribution in [0.1, 0.15) is 22.3 Å². The smallest absolute Gasteiger partial charge is 0.0727 e. The highest BCUT2D eigenvalue weighted by molar-refractivity contribution is 6.12. The maximum Gasteiger partial charge on any atom is 0.0727 e. The molecular weight excluding hydrogens is 847 g/mol. The van der Waals surface area contributed by atoms with Crippen molar-refractivity contribution in [1.82, 2.24) is 13.7 Å². The molecule has 16 rings (SSSR count). The zero-order chi connectivity index (χ0) is 45.7. The highest BCUT2D eigenvalue weighted by Crippen LogP contribution is 2.64. The maximum atomic E-state index is 2.53. The quantitative estimate of drug-likeness (QED) is 0.167. The Morgan fingerprint density at radius 3 is 0.957 bits per heavy atom. The fraction of sp³-hybridized carbons (Fsp3) is 0.0149. The summed E-state index contributed by atoms with van der Waals surface area (Å²) in [5.74, 6) is 0. The molecule has 3 heteroatoms. The van der Waals surface area contributed by atoms with E-state index in [4.69, 9.17) is 0 Å². The van der Waals surface area contributed by atoms with Gasteiger partial charge in [-0.3, -0.25) is 0 Å². The summed E-state index contributed by atoms with van der Waals surface area (Å²) in [4.78, 5) is 0. The van der Waals surface area contributed by atoms with Gasteiger partial charge in [-0.1, -0.05) is 170 Å². The van der Waals surface area contributed by atoms with E-state index in [2.05, 4.69) is 262 Å². The van der Waals surface area contributed by atoms with E-state index in [1.54, 1.807) is 0 Å². The zero-order valence-corrected chi connectivity index (χ0v) is 38.0. The number of nitrogens with zero attached hydrogens (tertiary/aromatic N) is 3. The molecule has 1 unspecified atom stereocenters. The first-order chi connectivity index (χ1) is 34.7. The number of hydrogen-bond acceptors (Lipinski definition) is 0. The molecule has 0 N–H and O–H groups in total. The Labute approximate surface area is 404 Å². The van der Waals surface area contributed by atoms with Gasteiger partial charge in [0.25, 0.3) is 0 Å². The van der Waals surface area contributed by atoms with E-state index < -0.39 is 5.41 Å². The van der Waals surface area contributed by atoms with Crippen LogP contribution in [0.3, 0.4) is 0 Å². The van der Waals surface area contributed by atoms with E-state index in [0.717, 1.165) is 17.1 Å². The number of benzene rings is 11. The van der Waals surface area contributed by atoms with Gasteiger partial charge in [-0.05, 0) is 134 Å². The lowest BCUT2D eigenvalue weighted by molar-refractivity contribution is 0.791. The molecule has 3 heterocycles. The third kappa shape index (κ3) is 4.88. The molecule has 1 spiro atoms. The van der Waals surface area contributed by atoms with Crippen LogP contribution in [0.15, 0.2) is 249 Å². The van der Waals surface area contributed by atoms with Gasteiger partial charge in [0.1, 0.15) is 0 Å². The summed E-state index contributed by atoms with van der Waals surface area (Å²) in [6.45, 7) is 0. The summed E-state index contributed by atoms with van der Waals surface area (Å²) >= 11 is 0. The Morgan fingerprint density at radius 1 is 0.214 bits per heavy atom. The van der Waals surface area contributed by atoms with Crippen LogP contribution in [0.4, 0.5) is 0 Å². The van der Waals surface area contributed by atoms with Crippen LogP contribution < -0.4 is 0 Å². The fourth-order valence-electron chi connectivity index (χ4n) is 13.0. The van der Waals surface area contributed by atoms with E-state index in [1.807, 2.05) is 0 Å². The van der Waals surface area contributed by atoms with Gasteiger partial charge in [-0.25, -0.2) is 0 Å². The van der Waals surface area contributed by atoms with Gasteiger partial charge in [0, 0.05) is 49.4 Å². The lowest BCUT2D eigenvalue weighted by atomic mass is 9.70. The van der Waals surface area contributed by atoms with Crippen molar-refractivity contribution >= 4 is 65.4 Å². The van der Waals surface area contributed by atoms with Crippen molar-refractivity contribution in [1.29, 1.82) is 0 Å². The van der Waals surface area contributed by atoms with E-state index in [-0.39, 0.29) is 0 Å². The number of para-hydroxylation sites is 6. The molecule has 324 valence electrons. The van der Waals surface area contributed by atoms with Crippen molar-refractivity contribution in [3.63, 3.8) is 0 Å². The Kier molecular flexibility index (Phi) is 7.54. The first-order valence-electron chi connectivity index (χ1n) is 24.3. The molecule has 0 radical (unpaired) electrons. The minimum Gasteiger partial charge on any atom is -0.309 e. The Balaban J connectivity index is 1.04. The summed E-state index contributed by atoms with van der Waals surface area (Å²) < 4.78 is 7.42. The van der Waals surface area contributed by atoms with Gasteiger partial charge >= 0.3 is 0 Å². The molecule has 3 nitrogen and oxygen atoms in total. The van der Waals surface area contributed by atoms with E-state index >= 15 is 0 Å². The fourth-order valence-corrected chi connectivity index (χ4v) is 13.0. The van der Waals surface area contributed by atoms with E-state index in [0.29, 0.717) is 0 Å². The Hall–Kier alpha value is -9.18. The van der Waals surface area contributed by atoms with E-state index in [1.165, 1.54) is 121 Å². The van der Waals surface area contributed by atoms with Crippen LogP contribution in [0, 0.1) is 0 Å². The second kappa shape index (κ2) is 13.9. The standard InChI is InChI=1S/C67H41N3/c1-2-16-42(17-3-1)43-30-36-57-55(38-43)47-34-31-45(69-63-26-12-6-20-51(63)52-21-7-13-27-64(52)69)40-59(47)67(57)58-37-33-44(68-61-24-10-4-18-49(61)50-19-5-11-25-62(50)68)39-56(58)48-35-32-46(41-60(48)67)70-65-28-14-8-22-53(65)54-23-9-15-29-66(54)70/h1-41H. The van der Waals surface area contributed by atoms with Crippen LogP contribution in [0.2, 0.25) is 0 Å². The molecule has 70 heavy (non-hydrogen) atoms. The van der Waals surface area contributed by atoms with Gasteiger partial charge < -0.3 is 13.7 Å². The molecule has 2 aliphatic carbocycles. The summed E-state index contributed by atoms with van der Waals surface area (Å²) in [6.07, 6.45) is 0. The van der Waals surface area contributed by atoms with Gasteiger partial charge in [0.05, 0.1) is 38.5 Å². The molecule has 0 fully saturated rings. The average Bonchev–Trinajstić information content (AvgIpc) is 4.20. The summed E-state index contributed by atoms with van der Waals surface area (Å²) in [7, 11) is 0. The Bertz CT molecular complexity index is 4380. The number of rotatable bonds is 4. The molecule has 0 saturated carbocycles. The number of hydrogen-bond donors (Lipinski definition) is 0. The van der Waals surface area contributed by atoms with Gasteiger partial charge in [0.2, 0.25) is 0 Å². The largest absolute Gasteiger partial charge is 0.309 e. The van der Waals surface area contributed by atoms with Crippen LogP contribution in [-0.2, 0) is 5.41 Å². The van der Waals surface area contributed by atoms with Crippen molar-refractivity contribution in [2.45, 2.75) is 5.41 Å². The molecule has 14 aromatic rings. The van der Waals surface area contributed by atoms with Crippen LogP contribution in [0.5, 0.6) is 0 Å². The molecule has 3 aromatic heterocycles. The van der Waals surface area contributed by atoms with Crippen LogP contribution in [0.25, 0.3) is 116 Å². The second-order valence-corrected chi connectivity index (χ2v) is 19.2. The minimum absolute atomic E-state index is 0.645. The van der Waals surface area contributed by atoms with Crippen molar-refractivity contribution in [2.75, 3.05) is 0 Å². The average molecular weight is 888 g/mol. The van der Waals surface area contributed by atoms with Crippen LogP contribution >= 0.6 is 0 Å².